The van der Waals surface area contributed by atoms with Gasteiger partial charge < -0.3 is 14.6 Å². The van der Waals surface area contributed by atoms with Crippen molar-refractivity contribution < 1.29 is 28.3 Å². The molecule has 2 aromatic carbocycles. The van der Waals surface area contributed by atoms with Crippen molar-refractivity contribution in [3.8, 4) is 0 Å². The normalized spacial score (nSPS) is 14.8. The number of carbonyl (C=O) groups excluding carboxylic acids is 4. The van der Waals surface area contributed by atoms with Crippen LogP contribution in [0.4, 0.5) is 14.9 Å². The first-order valence-corrected chi connectivity index (χ1v) is 11.2. The molecule has 0 unspecified atom stereocenters. The molecule has 1 aromatic heterocycles. The van der Waals surface area contributed by atoms with Crippen LogP contribution in [0.1, 0.15) is 12.5 Å². The van der Waals surface area contributed by atoms with E-state index in [1.54, 1.807) is 23.8 Å². The van der Waals surface area contributed by atoms with E-state index in [1.165, 1.54) is 24.3 Å². The maximum Gasteiger partial charge on any atom is 0.326 e. The van der Waals surface area contributed by atoms with Crippen LogP contribution in [0, 0.1) is 5.82 Å². The summed E-state index contributed by atoms with van der Waals surface area (Å²) >= 11 is 0.743. The van der Waals surface area contributed by atoms with E-state index in [-0.39, 0.29) is 24.0 Å². The lowest BCUT2D eigenvalue weighted by molar-refractivity contribution is -0.146. The molecule has 1 fully saturated rings. The smallest absolute Gasteiger partial charge is 0.326 e. The van der Waals surface area contributed by atoms with Crippen molar-refractivity contribution in [3.63, 3.8) is 0 Å². The van der Waals surface area contributed by atoms with Crippen molar-refractivity contribution >= 4 is 57.5 Å². The van der Waals surface area contributed by atoms with E-state index in [1.807, 2.05) is 24.3 Å². The molecular formula is C24H20FN3O5S. The third kappa shape index (κ3) is 5.01. The molecule has 2 heterocycles. The van der Waals surface area contributed by atoms with Crippen LogP contribution in [0.2, 0.25) is 0 Å². The number of nitrogens with zero attached hydrogens (tertiary/aromatic N) is 2. The van der Waals surface area contributed by atoms with Gasteiger partial charge >= 0.3 is 5.97 Å². The van der Waals surface area contributed by atoms with Crippen molar-refractivity contribution in [2.45, 2.75) is 13.5 Å². The molecule has 34 heavy (non-hydrogen) atoms. The number of ether oxygens (including phenoxy) is 1. The topological polar surface area (TPSA) is 97.7 Å². The summed E-state index contributed by atoms with van der Waals surface area (Å²) in [6, 6.07) is 12.8. The zero-order chi connectivity index (χ0) is 24.2. The largest absolute Gasteiger partial charge is 0.465 e. The molecule has 0 bridgehead atoms. The van der Waals surface area contributed by atoms with E-state index in [0.717, 1.165) is 27.6 Å². The summed E-state index contributed by atoms with van der Waals surface area (Å²) in [6.07, 6.45) is 3.29. The zero-order valence-electron chi connectivity index (χ0n) is 18.1. The number of imide groups is 1. The van der Waals surface area contributed by atoms with E-state index in [0.29, 0.717) is 11.3 Å². The average Bonchev–Trinajstić information content (AvgIpc) is 3.27. The summed E-state index contributed by atoms with van der Waals surface area (Å²) < 4.78 is 19.6. The highest BCUT2D eigenvalue weighted by atomic mass is 32.2. The van der Waals surface area contributed by atoms with Crippen LogP contribution in [-0.4, -0.2) is 45.6 Å². The second kappa shape index (κ2) is 9.92. The maximum atomic E-state index is 13.1. The predicted octanol–water partition coefficient (Wildman–Crippen LogP) is 4.02. The lowest BCUT2D eigenvalue weighted by Gasteiger charge is -2.10. The number of para-hydroxylation sites is 1. The van der Waals surface area contributed by atoms with Gasteiger partial charge in [-0.15, -0.1) is 0 Å². The first kappa shape index (κ1) is 23.2. The van der Waals surface area contributed by atoms with E-state index >= 15 is 0 Å². The van der Waals surface area contributed by atoms with Crippen LogP contribution < -0.4 is 5.32 Å². The number of rotatable bonds is 7. The summed E-state index contributed by atoms with van der Waals surface area (Å²) in [4.78, 5) is 50.3. The average molecular weight is 482 g/mol. The van der Waals surface area contributed by atoms with Crippen LogP contribution in [0.3, 0.4) is 0 Å². The number of hydrogen-bond acceptors (Lipinski definition) is 6. The number of hydrogen-bond donors (Lipinski definition) is 1. The Labute approximate surface area is 198 Å². The van der Waals surface area contributed by atoms with E-state index < -0.39 is 29.5 Å². The number of thioether (sulfide) groups is 1. The Hall–Kier alpha value is -3.92. The standard InChI is InChI=1S/C24H20FN3O5S/c1-2-33-22(30)14-28-23(31)20(34-24(28)32)11-15-12-27(19-6-4-3-5-18(15)19)13-21(29)26-17-9-7-16(25)8-10-17/h3-12H,2,13-14H2,1H3,(H,26,29)/b20-11-. The summed E-state index contributed by atoms with van der Waals surface area (Å²) in [6.45, 7) is 1.33. The van der Waals surface area contributed by atoms with Gasteiger partial charge in [-0.05, 0) is 55.1 Å². The number of fused-ring (bicyclic) bond motifs is 1. The molecule has 0 saturated carbocycles. The summed E-state index contributed by atoms with van der Waals surface area (Å²) in [5.41, 5.74) is 1.87. The number of nitrogens with one attached hydrogen (secondary N) is 1. The molecule has 1 saturated heterocycles. The quantitative estimate of drug-likeness (QED) is 0.404. The fourth-order valence-corrected chi connectivity index (χ4v) is 4.35. The fraction of sp³-hybridized carbons (Fsp3) is 0.167. The Morgan fingerprint density at radius 1 is 1.09 bits per heavy atom. The molecule has 3 aromatic rings. The first-order chi connectivity index (χ1) is 16.4. The van der Waals surface area contributed by atoms with Gasteiger partial charge in [0.25, 0.3) is 11.1 Å². The number of benzene rings is 2. The molecule has 4 rings (SSSR count). The molecule has 0 radical (unpaired) electrons. The minimum absolute atomic E-state index is 0.0178. The van der Waals surface area contributed by atoms with Gasteiger partial charge in [-0.3, -0.25) is 24.1 Å². The second-order valence-electron chi connectivity index (χ2n) is 7.36. The predicted molar refractivity (Wildman–Crippen MR) is 126 cm³/mol. The van der Waals surface area contributed by atoms with Crippen molar-refractivity contribution in [1.82, 2.24) is 9.47 Å². The van der Waals surface area contributed by atoms with Gasteiger partial charge in [-0.1, -0.05) is 18.2 Å². The molecular weight excluding hydrogens is 461 g/mol. The minimum Gasteiger partial charge on any atom is -0.465 e. The highest BCUT2D eigenvalue weighted by Crippen LogP contribution is 2.34. The number of carbonyl (C=O) groups is 4. The highest BCUT2D eigenvalue weighted by molar-refractivity contribution is 8.18. The van der Waals surface area contributed by atoms with Gasteiger partial charge in [0, 0.05) is 28.4 Å². The van der Waals surface area contributed by atoms with Crippen LogP contribution in [0.25, 0.3) is 17.0 Å². The Bertz CT molecular complexity index is 1320. The molecule has 8 nitrogen and oxygen atoms in total. The number of anilines is 1. The van der Waals surface area contributed by atoms with Crippen molar-refractivity contribution in [1.29, 1.82) is 0 Å². The number of amides is 3. The van der Waals surface area contributed by atoms with Gasteiger partial charge in [0.15, 0.2) is 0 Å². The van der Waals surface area contributed by atoms with Crippen molar-refractivity contribution in [2.24, 2.45) is 0 Å². The Balaban J connectivity index is 1.57. The molecule has 10 heteroatoms. The van der Waals surface area contributed by atoms with Gasteiger partial charge in [0.05, 0.1) is 11.5 Å². The number of halogens is 1. The van der Waals surface area contributed by atoms with Crippen molar-refractivity contribution in [3.05, 3.63) is 71.0 Å². The fourth-order valence-electron chi connectivity index (χ4n) is 3.52. The number of esters is 1. The lowest BCUT2D eigenvalue weighted by Crippen LogP contribution is -2.34. The second-order valence-corrected chi connectivity index (χ2v) is 8.35. The van der Waals surface area contributed by atoms with Crippen LogP contribution in [0.15, 0.2) is 59.6 Å². The molecule has 1 N–H and O–H groups in total. The van der Waals surface area contributed by atoms with Gasteiger partial charge in [-0.2, -0.15) is 0 Å². The molecule has 1 aliphatic rings. The first-order valence-electron chi connectivity index (χ1n) is 10.4. The van der Waals surface area contributed by atoms with Crippen LogP contribution >= 0.6 is 11.8 Å². The minimum atomic E-state index is -0.658. The molecule has 3 amide bonds. The molecule has 174 valence electrons. The summed E-state index contributed by atoms with van der Waals surface area (Å²) in [5, 5.41) is 2.95. The maximum absolute atomic E-state index is 13.1. The van der Waals surface area contributed by atoms with Gasteiger partial charge in [-0.25, -0.2) is 4.39 Å². The Morgan fingerprint density at radius 3 is 2.56 bits per heavy atom. The Kier molecular flexibility index (Phi) is 6.78. The summed E-state index contributed by atoms with van der Waals surface area (Å²) in [7, 11) is 0. The van der Waals surface area contributed by atoms with Crippen LogP contribution in [-0.2, 0) is 25.7 Å². The third-order valence-electron chi connectivity index (χ3n) is 5.01. The highest BCUT2D eigenvalue weighted by Gasteiger charge is 2.36. The number of aromatic nitrogens is 1. The third-order valence-corrected chi connectivity index (χ3v) is 5.92. The Morgan fingerprint density at radius 2 is 1.82 bits per heavy atom. The van der Waals surface area contributed by atoms with Crippen LogP contribution in [0.5, 0.6) is 0 Å². The van der Waals surface area contributed by atoms with Gasteiger partial charge in [0.2, 0.25) is 5.91 Å². The van der Waals surface area contributed by atoms with E-state index in [4.69, 9.17) is 4.74 Å². The monoisotopic (exact) mass is 481 g/mol. The summed E-state index contributed by atoms with van der Waals surface area (Å²) in [5.74, 6) is -1.94. The molecule has 0 aliphatic carbocycles. The molecule has 0 spiro atoms. The lowest BCUT2D eigenvalue weighted by atomic mass is 10.1. The molecule has 0 atom stereocenters. The SMILES string of the molecule is CCOC(=O)CN1C(=O)S/C(=C\c2cn(CC(=O)Nc3ccc(F)cc3)c3ccccc23)C1=O. The van der Waals surface area contributed by atoms with E-state index in [9.17, 15) is 23.6 Å². The molecule has 1 aliphatic heterocycles. The zero-order valence-corrected chi connectivity index (χ0v) is 18.9. The van der Waals surface area contributed by atoms with Crippen molar-refractivity contribution in [2.75, 3.05) is 18.5 Å². The van der Waals surface area contributed by atoms with E-state index in [2.05, 4.69) is 5.32 Å². The van der Waals surface area contributed by atoms with Gasteiger partial charge in [0.1, 0.15) is 18.9 Å².